The van der Waals surface area contributed by atoms with Gasteiger partial charge in [-0.15, -0.1) is 13.2 Å². The molecule has 3 nitrogen and oxygen atoms in total. The molecule has 0 saturated heterocycles. The third-order valence-corrected chi connectivity index (χ3v) is 0.129. The molecular formula is C4H7LiO3. The van der Waals surface area contributed by atoms with Crippen LogP contribution in [-0.4, -0.2) is 17.7 Å². The summed E-state index contributed by atoms with van der Waals surface area (Å²) in [5.41, 5.74) is 0. The Labute approximate surface area is 60.2 Å². The van der Waals surface area contributed by atoms with Crippen molar-refractivity contribution < 1.29 is 33.9 Å². The van der Waals surface area contributed by atoms with Gasteiger partial charge in [-0.1, -0.05) is 0 Å². The van der Waals surface area contributed by atoms with Gasteiger partial charge in [-0.3, -0.25) is 0 Å². The molecule has 0 aliphatic rings. The minimum absolute atomic E-state index is 0. The Morgan fingerprint density at radius 2 is 1.75 bits per heavy atom. The molecule has 0 rings (SSSR count). The van der Waals surface area contributed by atoms with Gasteiger partial charge in [0.05, 0.1) is 12.6 Å². The first-order valence-corrected chi connectivity index (χ1v) is 1.58. The molecule has 0 fully saturated rings. The second-order valence-electron chi connectivity index (χ2n) is 0.530. The first kappa shape index (κ1) is 15.7. The summed E-state index contributed by atoms with van der Waals surface area (Å²) in [4.78, 5) is 9.01. The zero-order chi connectivity index (χ0) is 6.28. The molecule has 0 aromatic rings. The molecule has 0 heterocycles. The van der Waals surface area contributed by atoms with Crippen LogP contribution in [-0.2, 0) is 4.79 Å². The van der Waals surface area contributed by atoms with Crippen LogP contribution in [0.1, 0.15) is 0 Å². The van der Waals surface area contributed by atoms with E-state index in [0.29, 0.717) is 0 Å². The zero-order valence-corrected chi connectivity index (χ0v) is 4.89. The summed E-state index contributed by atoms with van der Waals surface area (Å²) in [5, 5.41) is 16.5. The molecule has 0 aromatic heterocycles. The van der Waals surface area contributed by atoms with Crippen LogP contribution in [0.2, 0.25) is 0 Å². The largest absolute Gasteiger partial charge is 1.00 e. The van der Waals surface area contributed by atoms with Crippen molar-refractivity contribution >= 4 is 5.97 Å². The molecule has 0 radical (unpaired) electrons. The fraction of sp³-hybridized carbons (Fsp3) is 0.250. The molecule has 0 amide bonds. The number of aliphatic carboxylic acids is 1. The maximum atomic E-state index is 9.01. The monoisotopic (exact) mass is 110 g/mol. The number of carboxylic acids is 1. The van der Waals surface area contributed by atoms with Crippen molar-refractivity contribution in [3.63, 3.8) is 0 Å². The molecule has 0 atom stereocenters. The number of carboxylic acid groups (broad SMARTS) is 1. The van der Waals surface area contributed by atoms with Crippen molar-refractivity contribution in [2.75, 3.05) is 6.61 Å². The third-order valence-electron chi connectivity index (χ3n) is 0.129. The minimum Gasteiger partial charge on any atom is -0.548 e. The van der Waals surface area contributed by atoms with Crippen LogP contribution in [0.5, 0.6) is 0 Å². The van der Waals surface area contributed by atoms with Crippen molar-refractivity contribution in [3.8, 4) is 0 Å². The number of aliphatic hydroxyl groups excluding tert-OH is 1. The Balaban J connectivity index is -0.0000000750. The van der Waals surface area contributed by atoms with Crippen LogP contribution in [0, 0.1) is 0 Å². The number of carbonyl (C=O) groups excluding carboxylic acids is 1. The summed E-state index contributed by atoms with van der Waals surface area (Å²) in [7, 11) is 0. The summed E-state index contributed by atoms with van der Waals surface area (Å²) in [6.07, 6.45) is 0. The fourth-order valence-corrected chi connectivity index (χ4v) is 0. The van der Waals surface area contributed by atoms with Crippen LogP contribution < -0.4 is 24.0 Å². The summed E-state index contributed by atoms with van der Waals surface area (Å²) < 4.78 is 0. The smallest absolute Gasteiger partial charge is 0.548 e. The third kappa shape index (κ3) is 42.0. The number of rotatable bonds is 1. The van der Waals surface area contributed by atoms with Crippen molar-refractivity contribution in [2.45, 2.75) is 0 Å². The van der Waals surface area contributed by atoms with E-state index in [-0.39, 0.29) is 18.9 Å². The average molecular weight is 110 g/mol. The summed E-state index contributed by atoms with van der Waals surface area (Å²) in [6, 6.07) is 0. The number of aliphatic hydroxyl groups is 1. The number of hydrogen-bond acceptors (Lipinski definition) is 3. The molecule has 8 heavy (non-hydrogen) atoms. The normalized spacial score (nSPS) is 5.12. The summed E-state index contributed by atoms with van der Waals surface area (Å²) >= 11 is 0. The molecule has 0 aliphatic heterocycles. The Hall–Kier alpha value is -0.233. The number of carbonyl (C=O) groups is 1. The van der Waals surface area contributed by atoms with Crippen LogP contribution in [0.4, 0.5) is 0 Å². The summed E-state index contributed by atoms with van der Waals surface area (Å²) in [6.45, 7) is 5.11. The topological polar surface area (TPSA) is 60.4 Å². The first-order valence-electron chi connectivity index (χ1n) is 1.58. The van der Waals surface area contributed by atoms with E-state index in [2.05, 4.69) is 13.2 Å². The minimum atomic E-state index is -1.44. The van der Waals surface area contributed by atoms with Crippen molar-refractivity contribution in [3.05, 3.63) is 13.2 Å². The summed E-state index contributed by atoms with van der Waals surface area (Å²) in [5.74, 6) is -1.44. The average Bonchev–Trinajstić information content (AvgIpc) is 1.73. The van der Waals surface area contributed by atoms with Gasteiger partial charge >= 0.3 is 18.9 Å². The van der Waals surface area contributed by atoms with Crippen LogP contribution >= 0.6 is 0 Å². The van der Waals surface area contributed by atoms with E-state index in [9.17, 15) is 0 Å². The predicted molar refractivity (Wildman–Crippen MR) is 23.3 cm³/mol. The maximum Gasteiger partial charge on any atom is 1.00 e. The first-order chi connectivity index (χ1) is 3.27. The Morgan fingerprint density at radius 3 is 1.75 bits per heavy atom. The Bertz CT molecular complexity index is 55.2. The predicted octanol–water partition coefficient (Wildman–Crippen LogP) is -4.47. The van der Waals surface area contributed by atoms with Crippen LogP contribution in [0.15, 0.2) is 13.2 Å². The molecule has 0 aromatic carbocycles. The van der Waals surface area contributed by atoms with E-state index in [1.165, 1.54) is 0 Å². The maximum absolute atomic E-state index is 9.01. The van der Waals surface area contributed by atoms with Crippen molar-refractivity contribution in [2.24, 2.45) is 0 Å². The van der Waals surface area contributed by atoms with Gasteiger partial charge in [0.15, 0.2) is 0 Å². The van der Waals surface area contributed by atoms with Gasteiger partial charge in [-0.25, -0.2) is 0 Å². The molecule has 42 valence electrons. The Morgan fingerprint density at radius 1 is 1.62 bits per heavy atom. The quantitative estimate of drug-likeness (QED) is 0.273. The molecule has 0 aliphatic carbocycles. The van der Waals surface area contributed by atoms with Gasteiger partial charge in [-0.2, -0.15) is 0 Å². The molecule has 0 bridgehead atoms. The van der Waals surface area contributed by atoms with Crippen LogP contribution in [0.25, 0.3) is 0 Å². The molecule has 4 heteroatoms. The molecule has 1 N–H and O–H groups in total. The molecule has 0 unspecified atom stereocenters. The number of hydrogen-bond donors (Lipinski definition) is 1. The van der Waals surface area contributed by atoms with E-state index in [0.717, 1.165) is 0 Å². The molecule has 0 saturated carbocycles. The van der Waals surface area contributed by atoms with E-state index in [4.69, 9.17) is 15.0 Å². The van der Waals surface area contributed by atoms with Gasteiger partial charge in [0.1, 0.15) is 0 Å². The van der Waals surface area contributed by atoms with Gasteiger partial charge < -0.3 is 15.0 Å². The standard InChI is InChI=1S/C2H4O3.C2H4.Li/c3-1-2(4)5;1-2;/h3H,1H2,(H,4,5);1-2H2;/q;;+1/p-1. The van der Waals surface area contributed by atoms with Gasteiger partial charge in [0.25, 0.3) is 0 Å². The second-order valence-corrected chi connectivity index (χ2v) is 0.530. The van der Waals surface area contributed by atoms with E-state index in [1.807, 2.05) is 0 Å². The molecular weight excluding hydrogens is 103 g/mol. The van der Waals surface area contributed by atoms with Crippen LogP contribution in [0.3, 0.4) is 0 Å². The van der Waals surface area contributed by atoms with E-state index in [1.54, 1.807) is 0 Å². The van der Waals surface area contributed by atoms with E-state index >= 15 is 0 Å². The second kappa shape index (κ2) is 15.9. The van der Waals surface area contributed by atoms with E-state index < -0.39 is 12.6 Å². The van der Waals surface area contributed by atoms with Gasteiger partial charge in [0, 0.05) is 0 Å². The van der Waals surface area contributed by atoms with Gasteiger partial charge in [0.2, 0.25) is 0 Å². The van der Waals surface area contributed by atoms with Crippen molar-refractivity contribution in [1.82, 2.24) is 0 Å². The van der Waals surface area contributed by atoms with Gasteiger partial charge in [-0.05, 0) is 0 Å². The SMILES string of the molecule is C=C.O=C([O-])CO.[Li+]. The zero-order valence-electron chi connectivity index (χ0n) is 4.89. The Kier molecular flexibility index (Phi) is 31.0. The van der Waals surface area contributed by atoms with Crippen molar-refractivity contribution in [1.29, 1.82) is 0 Å². The molecule has 0 spiro atoms. The fourth-order valence-electron chi connectivity index (χ4n) is 0.